The number of aryl methyl sites for hydroxylation is 1. The Bertz CT molecular complexity index is 1210. The van der Waals surface area contributed by atoms with E-state index in [2.05, 4.69) is 10.3 Å². The largest absolute Gasteiger partial charge is 0.477 e. The summed E-state index contributed by atoms with van der Waals surface area (Å²) in [4.78, 5) is 54.9. The van der Waals surface area contributed by atoms with Gasteiger partial charge >= 0.3 is 5.97 Å². The van der Waals surface area contributed by atoms with Crippen molar-refractivity contribution in [2.75, 3.05) is 0 Å². The van der Waals surface area contributed by atoms with Gasteiger partial charge in [0.25, 0.3) is 11.8 Å². The fourth-order valence-electron chi connectivity index (χ4n) is 3.43. The highest BCUT2D eigenvalue weighted by Gasteiger charge is 2.53. The highest BCUT2D eigenvalue weighted by Crippen LogP contribution is 2.46. The van der Waals surface area contributed by atoms with Crippen LogP contribution < -0.4 is 11.1 Å². The number of thiazole rings is 1. The number of rotatable bonds is 6. The summed E-state index contributed by atoms with van der Waals surface area (Å²) in [6.45, 7) is 1.63. The molecule has 1 aromatic heterocycles. The predicted octanol–water partition coefficient (Wildman–Crippen LogP) is 1.32. The molecule has 3 amide bonds. The zero-order valence-corrected chi connectivity index (χ0v) is 19.0. The van der Waals surface area contributed by atoms with Crippen molar-refractivity contribution in [1.29, 1.82) is 0 Å². The Labute approximate surface area is 195 Å². The number of carbonyl (C=O) groups is 4. The first-order valence-electron chi connectivity index (χ1n) is 9.30. The topological polar surface area (TPSA) is 143 Å². The number of carboxylic acids is 1. The summed E-state index contributed by atoms with van der Waals surface area (Å²) >= 11 is 7.32. The van der Waals surface area contributed by atoms with Gasteiger partial charge in [0, 0.05) is 4.88 Å². The lowest BCUT2D eigenvalue weighted by Gasteiger charge is -2.46. The van der Waals surface area contributed by atoms with E-state index < -0.39 is 28.5 Å². The van der Waals surface area contributed by atoms with E-state index in [4.69, 9.17) is 18.0 Å². The second-order valence-corrected chi connectivity index (χ2v) is 9.83. The Hall–Kier alpha value is -3.09. The van der Waals surface area contributed by atoms with Crippen LogP contribution in [-0.4, -0.2) is 54.3 Å². The van der Waals surface area contributed by atoms with Crippen LogP contribution >= 0.6 is 35.3 Å². The van der Waals surface area contributed by atoms with E-state index >= 15 is 0 Å². The maximum atomic E-state index is 12.8. The number of aromatic nitrogens is 1. The third-order valence-corrected chi connectivity index (χ3v) is 7.76. The smallest absolute Gasteiger partial charge is 0.353 e. The lowest BCUT2D eigenvalue weighted by Crippen LogP contribution is -2.63. The van der Waals surface area contributed by atoms with Crippen LogP contribution in [0.5, 0.6) is 0 Å². The zero-order valence-electron chi connectivity index (χ0n) is 16.5. The predicted molar refractivity (Wildman–Crippen MR) is 123 cm³/mol. The summed E-state index contributed by atoms with van der Waals surface area (Å²) in [5, 5.41) is 11.4. The first-order chi connectivity index (χ1) is 15.2. The number of β-lactam (4-membered cyclic amide) rings is 1. The molecule has 0 saturated carbocycles. The number of hydrogen-bond acceptors (Lipinski definition) is 8. The van der Waals surface area contributed by atoms with E-state index in [0.717, 1.165) is 33.6 Å². The van der Waals surface area contributed by atoms with Crippen LogP contribution in [-0.2, 0) is 20.8 Å². The number of nitrogens with one attached hydrogen (secondary N) is 1. The van der Waals surface area contributed by atoms with E-state index in [1.807, 2.05) is 18.2 Å². The van der Waals surface area contributed by atoms with Gasteiger partial charge in [0.2, 0.25) is 5.91 Å². The molecule has 2 atom stereocenters. The molecule has 2 aromatic rings. The van der Waals surface area contributed by atoms with Gasteiger partial charge < -0.3 is 16.2 Å². The van der Waals surface area contributed by atoms with Crippen molar-refractivity contribution >= 4 is 69.4 Å². The second kappa shape index (κ2) is 8.45. The molecule has 1 aromatic carbocycles. The molecular formula is C20H16N4O5S3. The van der Waals surface area contributed by atoms with Gasteiger partial charge in [0.1, 0.15) is 32.0 Å². The Kier molecular flexibility index (Phi) is 5.84. The minimum Gasteiger partial charge on any atom is -0.477 e. The van der Waals surface area contributed by atoms with Crippen molar-refractivity contribution in [2.45, 2.75) is 24.1 Å². The molecule has 1 unspecified atom stereocenters. The second-order valence-electron chi connectivity index (χ2n) is 6.99. The SMILES string of the molecule is Cc1sc(C2=C(C(=O)O)N3C(=O)C(=S)[C@@H]3SC2NC(=O)Cc2ccccc2)nc1C(N)=O. The molecule has 4 rings (SSSR count). The lowest BCUT2D eigenvalue weighted by molar-refractivity contribution is -0.138. The number of fused-ring (bicyclic) bond motifs is 1. The van der Waals surface area contributed by atoms with Crippen LogP contribution in [0.3, 0.4) is 0 Å². The summed E-state index contributed by atoms with van der Waals surface area (Å²) in [7, 11) is 0. The van der Waals surface area contributed by atoms with Crippen molar-refractivity contribution in [2.24, 2.45) is 5.73 Å². The minimum absolute atomic E-state index is 0.00850. The number of amides is 3. The van der Waals surface area contributed by atoms with Crippen LogP contribution in [0, 0.1) is 6.92 Å². The lowest BCUT2D eigenvalue weighted by atomic mass is 10.1. The van der Waals surface area contributed by atoms with Gasteiger partial charge in [-0.1, -0.05) is 42.5 Å². The summed E-state index contributed by atoms with van der Waals surface area (Å²) < 4.78 is 0. The molecule has 4 N–H and O–H groups in total. The number of nitrogens with two attached hydrogens (primary N) is 1. The van der Waals surface area contributed by atoms with Gasteiger partial charge in [-0.05, 0) is 12.5 Å². The van der Waals surface area contributed by atoms with Gasteiger partial charge in [0.15, 0.2) is 0 Å². The average molecular weight is 489 g/mol. The molecule has 3 heterocycles. The number of thioether (sulfide) groups is 1. The highest BCUT2D eigenvalue weighted by molar-refractivity contribution is 8.03. The van der Waals surface area contributed by atoms with E-state index in [1.165, 1.54) is 0 Å². The molecule has 0 radical (unpaired) electrons. The van der Waals surface area contributed by atoms with Crippen LogP contribution in [0.2, 0.25) is 0 Å². The van der Waals surface area contributed by atoms with Crippen molar-refractivity contribution in [3.8, 4) is 0 Å². The number of thiocarbonyl (C=S) groups is 1. The van der Waals surface area contributed by atoms with Crippen molar-refractivity contribution in [3.05, 3.63) is 57.2 Å². The van der Waals surface area contributed by atoms with Crippen LogP contribution in [0.25, 0.3) is 5.57 Å². The quantitative estimate of drug-likeness (QED) is 0.408. The molecule has 32 heavy (non-hydrogen) atoms. The number of hydrogen-bond donors (Lipinski definition) is 3. The first-order valence-corrected chi connectivity index (χ1v) is 11.5. The summed E-state index contributed by atoms with van der Waals surface area (Å²) in [5.74, 6) is -3.04. The zero-order chi connectivity index (χ0) is 23.2. The molecule has 164 valence electrons. The molecule has 2 aliphatic heterocycles. The number of nitrogens with zero attached hydrogens (tertiary/aromatic N) is 2. The van der Waals surface area contributed by atoms with Gasteiger partial charge in [-0.2, -0.15) is 0 Å². The third kappa shape index (κ3) is 3.80. The monoisotopic (exact) mass is 488 g/mol. The van der Waals surface area contributed by atoms with Crippen LogP contribution in [0.1, 0.15) is 25.9 Å². The fourth-order valence-corrected chi connectivity index (χ4v) is 6.23. The van der Waals surface area contributed by atoms with E-state index in [0.29, 0.717) is 4.88 Å². The third-order valence-electron chi connectivity index (χ3n) is 4.87. The molecular weight excluding hydrogens is 472 g/mol. The van der Waals surface area contributed by atoms with E-state index in [1.54, 1.807) is 19.1 Å². The fraction of sp³-hybridized carbons (Fsp3) is 0.200. The minimum atomic E-state index is -1.36. The molecule has 0 aliphatic carbocycles. The van der Waals surface area contributed by atoms with Crippen LogP contribution in [0.15, 0.2) is 36.0 Å². The van der Waals surface area contributed by atoms with E-state index in [9.17, 15) is 24.3 Å². The molecule has 0 bridgehead atoms. The molecule has 1 fully saturated rings. The van der Waals surface area contributed by atoms with Crippen LogP contribution in [0.4, 0.5) is 0 Å². The number of primary amides is 1. The molecule has 0 spiro atoms. The van der Waals surface area contributed by atoms with Crippen molar-refractivity contribution < 1.29 is 24.3 Å². The summed E-state index contributed by atoms with van der Waals surface area (Å²) in [6, 6.07) is 9.07. The highest BCUT2D eigenvalue weighted by atomic mass is 32.2. The van der Waals surface area contributed by atoms with Crippen molar-refractivity contribution in [3.63, 3.8) is 0 Å². The first kappa shape index (κ1) is 22.1. The average Bonchev–Trinajstić information content (AvgIpc) is 3.14. The van der Waals surface area contributed by atoms with E-state index in [-0.39, 0.29) is 39.2 Å². The Balaban J connectivity index is 1.77. The maximum Gasteiger partial charge on any atom is 0.353 e. The Morgan fingerprint density at radius 2 is 1.97 bits per heavy atom. The van der Waals surface area contributed by atoms with Gasteiger partial charge in [-0.25, -0.2) is 9.78 Å². The standard InChI is InChI=1S/C20H16N4O5S3/c1-8-12(15(21)26)23-17(31-8)11-13(20(28)29)24-18(27)14(30)19(24)32-16(11)22-10(25)7-9-5-3-2-4-6-9/h2-6,16,19H,7H2,1H3,(H2,21,26)(H,22,25)(H,28,29)/t16?,19-/m0/s1. The Morgan fingerprint density at radius 3 is 2.56 bits per heavy atom. The maximum absolute atomic E-state index is 12.8. The molecule has 1 saturated heterocycles. The molecule has 9 nitrogen and oxygen atoms in total. The summed E-state index contributed by atoms with van der Waals surface area (Å²) in [6.07, 6.45) is 0.0782. The number of aliphatic carboxylic acids is 1. The number of carbonyl (C=O) groups excluding carboxylic acids is 3. The number of carboxylic acid groups (broad SMARTS) is 1. The van der Waals surface area contributed by atoms with Gasteiger partial charge in [-0.15, -0.1) is 23.1 Å². The Morgan fingerprint density at radius 1 is 1.28 bits per heavy atom. The summed E-state index contributed by atoms with van der Waals surface area (Å²) in [5.41, 5.74) is 5.97. The van der Waals surface area contributed by atoms with Crippen molar-refractivity contribution in [1.82, 2.24) is 15.2 Å². The van der Waals surface area contributed by atoms with Gasteiger partial charge in [-0.3, -0.25) is 19.3 Å². The normalized spacial score (nSPS) is 20.0. The van der Waals surface area contributed by atoms with Gasteiger partial charge in [0.05, 0.1) is 12.0 Å². The molecule has 2 aliphatic rings. The number of benzene rings is 1. The molecule has 12 heteroatoms.